The average molecular weight is 225 g/mol. The van der Waals surface area contributed by atoms with Crippen molar-refractivity contribution >= 4 is 11.4 Å². The molecule has 0 spiro atoms. The molecule has 17 heavy (non-hydrogen) atoms. The molecule has 0 aliphatic heterocycles. The summed E-state index contributed by atoms with van der Waals surface area (Å²) in [5.41, 5.74) is 2.98. The van der Waals surface area contributed by atoms with Crippen molar-refractivity contribution in [2.75, 3.05) is 0 Å². The van der Waals surface area contributed by atoms with Crippen LogP contribution in [0.25, 0.3) is 5.57 Å². The average Bonchev–Trinajstić information content (AvgIpc) is 2.40. The molecule has 0 N–H and O–H groups in total. The van der Waals surface area contributed by atoms with E-state index in [9.17, 15) is 4.79 Å². The second kappa shape index (κ2) is 5.45. The van der Waals surface area contributed by atoms with Crippen LogP contribution in [-0.2, 0) is 0 Å². The first-order valence-corrected chi connectivity index (χ1v) is 6.01. The second-order valence-corrected chi connectivity index (χ2v) is 4.28. The molecule has 0 aromatic heterocycles. The quantitative estimate of drug-likeness (QED) is 0.735. The van der Waals surface area contributed by atoms with Crippen LogP contribution >= 0.6 is 0 Å². The van der Waals surface area contributed by atoms with E-state index in [1.165, 1.54) is 18.4 Å². The summed E-state index contributed by atoms with van der Waals surface area (Å²) in [4.78, 5) is 11.9. The van der Waals surface area contributed by atoms with Gasteiger partial charge in [-0.15, -0.1) is 0 Å². The summed E-state index contributed by atoms with van der Waals surface area (Å²) >= 11 is 0. The maximum Gasteiger partial charge on any atom is 0.177 e. The number of allylic oxidation sites excluding steroid dienone is 2. The third-order valence-electron chi connectivity index (χ3n) is 3.10. The summed E-state index contributed by atoms with van der Waals surface area (Å²) in [6, 6.07) is 9.55. The zero-order valence-electron chi connectivity index (χ0n) is 9.78. The van der Waals surface area contributed by atoms with E-state index in [0.29, 0.717) is 5.56 Å². The number of ketones is 1. The SMILES string of the molecule is N#CCC(=O)c1ccccc1C1=CCCCC1. The summed E-state index contributed by atoms with van der Waals surface area (Å²) in [7, 11) is 0. The lowest BCUT2D eigenvalue weighted by molar-refractivity contribution is 0.0997. The maximum absolute atomic E-state index is 11.9. The minimum atomic E-state index is -0.0745. The molecule has 0 saturated heterocycles. The highest BCUT2D eigenvalue weighted by molar-refractivity contribution is 6.01. The van der Waals surface area contributed by atoms with Gasteiger partial charge in [-0.2, -0.15) is 5.26 Å². The summed E-state index contributed by atoms with van der Waals surface area (Å²) in [5.74, 6) is -0.0745. The van der Waals surface area contributed by atoms with Crippen molar-refractivity contribution in [1.29, 1.82) is 5.26 Å². The molecular formula is C15H15NO. The Kier molecular flexibility index (Phi) is 3.72. The Bertz CT molecular complexity index is 494. The topological polar surface area (TPSA) is 40.9 Å². The van der Waals surface area contributed by atoms with Crippen molar-refractivity contribution in [3.05, 3.63) is 41.5 Å². The highest BCUT2D eigenvalue weighted by Crippen LogP contribution is 2.29. The molecule has 2 nitrogen and oxygen atoms in total. The number of nitriles is 1. The van der Waals surface area contributed by atoms with Gasteiger partial charge in [0.15, 0.2) is 5.78 Å². The summed E-state index contributed by atoms with van der Waals surface area (Å²) in [6.07, 6.45) is 6.74. The normalized spacial score (nSPS) is 14.9. The van der Waals surface area contributed by atoms with Gasteiger partial charge >= 0.3 is 0 Å². The van der Waals surface area contributed by atoms with E-state index in [1.807, 2.05) is 30.3 Å². The van der Waals surface area contributed by atoms with Gasteiger partial charge in [0.1, 0.15) is 0 Å². The Balaban J connectivity index is 2.37. The first-order chi connectivity index (χ1) is 8.33. The first kappa shape index (κ1) is 11.6. The predicted molar refractivity (Wildman–Crippen MR) is 67.4 cm³/mol. The number of hydrogen-bond acceptors (Lipinski definition) is 2. The van der Waals surface area contributed by atoms with E-state index >= 15 is 0 Å². The number of hydrogen-bond donors (Lipinski definition) is 0. The van der Waals surface area contributed by atoms with Gasteiger partial charge in [0.05, 0.1) is 12.5 Å². The number of carbonyl (C=O) groups is 1. The van der Waals surface area contributed by atoms with Crippen molar-refractivity contribution < 1.29 is 4.79 Å². The van der Waals surface area contributed by atoms with Crippen LogP contribution in [0.15, 0.2) is 30.3 Å². The minimum Gasteiger partial charge on any atom is -0.293 e. The smallest absolute Gasteiger partial charge is 0.177 e. The predicted octanol–water partition coefficient (Wildman–Crippen LogP) is 3.74. The molecule has 0 atom stereocenters. The van der Waals surface area contributed by atoms with Crippen molar-refractivity contribution in [1.82, 2.24) is 0 Å². The van der Waals surface area contributed by atoms with Gasteiger partial charge in [-0.1, -0.05) is 30.3 Å². The lowest BCUT2D eigenvalue weighted by Crippen LogP contribution is -2.03. The van der Waals surface area contributed by atoms with Crippen molar-refractivity contribution in [2.45, 2.75) is 32.1 Å². The fourth-order valence-electron chi connectivity index (χ4n) is 2.26. The minimum absolute atomic E-state index is 0.0374. The number of carbonyl (C=O) groups excluding carboxylic acids is 1. The monoisotopic (exact) mass is 225 g/mol. The van der Waals surface area contributed by atoms with Crippen LogP contribution in [0.4, 0.5) is 0 Å². The molecule has 0 saturated carbocycles. The Morgan fingerprint density at radius 2 is 2.12 bits per heavy atom. The van der Waals surface area contributed by atoms with Gasteiger partial charge in [-0.05, 0) is 36.8 Å². The van der Waals surface area contributed by atoms with Gasteiger partial charge in [-0.25, -0.2) is 0 Å². The second-order valence-electron chi connectivity index (χ2n) is 4.28. The molecule has 0 radical (unpaired) electrons. The molecule has 0 fully saturated rings. The van der Waals surface area contributed by atoms with Gasteiger partial charge in [0.25, 0.3) is 0 Å². The Morgan fingerprint density at radius 3 is 2.82 bits per heavy atom. The van der Waals surface area contributed by atoms with Crippen LogP contribution in [0.3, 0.4) is 0 Å². The van der Waals surface area contributed by atoms with Crippen LogP contribution in [0.1, 0.15) is 48.0 Å². The fraction of sp³-hybridized carbons (Fsp3) is 0.333. The van der Waals surface area contributed by atoms with Gasteiger partial charge in [0, 0.05) is 5.56 Å². The third kappa shape index (κ3) is 2.62. The maximum atomic E-state index is 11.9. The highest BCUT2D eigenvalue weighted by atomic mass is 16.1. The number of rotatable bonds is 3. The molecule has 1 aromatic carbocycles. The summed E-state index contributed by atoms with van der Waals surface area (Å²) in [5, 5.41) is 8.61. The molecule has 0 amide bonds. The highest BCUT2D eigenvalue weighted by Gasteiger charge is 2.14. The van der Waals surface area contributed by atoms with Crippen LogP contribution in [0.5, 0.6) is 0 Å². The molecule has 2 rings (SSSR count). The molecule has 86 valence electrons. The van der Waals surface area contributed by atoms with E-state index in [2.05, 4.69) is 6.08 Å². The lowest BCUT2D eigenvalue weighted by atomic mass is 9.89. The summed E-state index contributed by atoms with van der Waals surface area (Å²) in [6.45, 7) is 0. The van der Waals surface area contributed by atoms with Crippen LogP contribution in [-0.4, -0.2) is 5.78 Å². The Morgan fingerprint density at radius 1 is 1.29 bits per heavy atom. The number of Topliss-reactive ketones (excluding diaryl/α,β-unsaturated/α-hetero) is 1. The zero-order chi connectivity index (χ0) is 12.1. The van der Waals surface area contributed by atoms with Crippen LogP contribution in [0, 0.1) is 11.3 Å². The molecule has 1 aromatic rings. The zero-order valence-corrected chi connectivity index (χ0v) is 9.78. The molecule has 2 heteroatoms. The molecule has 0 unspecified atom stereocenters. The number of benzene rings is 1. The fourth-order valence-corrected chi connectivity index (χ4v) is 2.26. The van der Waals surface area contributed by atoms with E-state index in [0.717, 1.165) is 18.4 Å². The molecule has 1 aliphatic rings. The molecule has 1 aliphatic carbocycles. The van der Waals surface area contributed by atoms with Gasteiger partial charge in [-0.3, -0.25) is 4.79 Å². The third-order valence-corrected chi connectivity index (χ3v) is 3.10. The lowest BCUT2D eigenvalue weighted by Gasteiger charge is -2.15. The van der Waals surface area contributed by atoms with Crippen molar-refractivity contribution in [3.8, 4) is 6.07 Å². The molecule has 0 heterocycles. The summed E-state index contributed by atoms with van der Waals surface area (Å²) < 4.78 is 0. The molecular weight excluding hydrogens is 210 g/mol. The van der Waals surface area contributed by atoms with E-state index in [1.54, 1.807) is 0 Å². The van der Waals surface area contributed by atoms with Crippen molar-refractivity contribution in [3.63, 3.8) is 0 Å². The van der Waals surface area contributed by atoms with Crippen molar-refractivity contribution in [2.24, 2.45) is 0 Å². The van der Waals surface area contributed by atoms with Crippen LogP contribution < -0.4 is 0 Å². The van der Waals surface area contributed by atoms with Gasteiger partial charge < -0.3 is 0 Å². The van der Waals surface area contributed by atoms with E-state index in [-0.39, 0.29) is 12.2 Å². The van der Waals surface area contributed by atoms with E-state index < -0.39 is 0 Å². The first-order valence-electron chi connectivity index (χ1n) is 6.01. The Hall–Kier alpha value is -1.88. The van der Waals surface area contributed by atoms with Crippen LogP contribution in [0.2, 0.25) is 0 Å². The number of nitrogens with zero attached hydrogens (tertiary/aromatic N) is 1. The molecule has 0 bridgehead atoms. The van der Waals surface area contributed by atoms with Gasteiger partial charge in [0.2, 0.25) is 0 Å². The standard InChI is InChI=1S/C15H15NO/c16-11-10-15(17)14-9-5-4-8-13(14)12-6-2-1-3-7-12/h4-6,8-9H,1-3,7,10H2. The largest absolute Gasteiger partial charge is 0.293 e. The van der Waals surface area contributed by atoms with E-state index in [4.69, 9.17) is 5.26 Å². The Labute approximate surface area is 102 Å².